The highest BCUT2D eigenvalue weighted by atomic mass is 19.1. The highest BCUT2D eigenvalue weighted by Gasteiger charge is 2.23. The Bertz CT molecular complexity index is 969. The van der Waals surface area contributed by atoms with Crippen LogP contribution >= 0.6 is 0 Å². The molecule has 8 heteroatoms. The number of aromatic nitrogens is 2. The second kappa shape index (κ2) is 6.39. The van der Waals surface area contributed by atoms with E-state index in [2.05, 4.69) is 10.3 Å². The number of methoxy groups -OCH3 is 2. The molecule has 1 amide bonds. The second-order valence-electron chi connectivity index (χ2n) is 5.24. The number of amides is 1. The summed E-state index contributed by atoms with van der Waals surface area (Å²) < 4.78 is 39.3. The molecule has 0 saturated heterocycles. The van der Waals surface area contributed by atoms with Crippen molar-refractivity contribution in [3.8, 4) is 11.5 Å². The molecule has 1 heterocycles. The van der Waals surface area contributed by atoms with E-state index in [0.29, 0.717) is 11.0 Å². The van der Waals surface area contributed by atoms with Crippen molar-refractivity contribution < 1.29 is 23.0 Å². The summed E-state index contributed by atoms with van der Waals surface area (Å²) in [6.45, 7) is 0. The fourth-order valence-corrected chi connectivity index (χ4v) is 2.56. The van der Waals surface area contributed by atoms with E-state index in [-0.39, 0.29) is 23.0 Å². The molecule has 1 N–H and O–H groups in total. The topological polar surface area (TPSA) is 65.4 Å². The lowest BCUT2D eigenvalue weighted by molar-refractivity contribution is 0.101. The van der Waals surface area contributed by atoms with E-state index in [0.717, 1.165) is 6.07 Å². The molecule has 0 unspecified atom stereocenters. The normalized spacial score (nSPS) is 10.8. The van der Waals surface area contributed by atoms with Gasteiger partial charge in [-0.2, -0.15) is 0 Å². The molecule has 0 aliphatic rings. The molecule has 2 aromatic carbocycles. The van der Waals surface area contributed by atoms with Crippen molar-refractivity contribution in [2.75, 3.05) is 19.5 Å². The lowest BCUT2D eigenvalue weighted by Crippen LogP contribution is -2.18. The number of rotatable bonds is 4. The van der Waals surface area contributed by atoms with Gasteiger partial charge in [-0.15, -0.1) is 0 Å². The van der Waals surface area contributed by atoms with Gasteiger partial charge in [0.25, 0.3) is 5.91 Å². The monoisotopic (exact) mass is 347 g/mol. The molecule has 0 spiro atoms. The van der Waals surface area contributed by atoms with Gasteiger partial charge in [-0.25, -0.2) is 13.8 Å². The second-order valence-corrected chi connectivity index (χ2v) is 5.24. The van der Waals surface area contributed by atoms with Crippen molar-refractivity contribution in [2.45, 2.75) is 0 Å². The van der Waals surface area contributed by atoms with Gasteiger partial charge in [0, 0.05) is 13.1 Å². The summed E-state index contributed by atoms with van der Waals surface area (Å²) in [5.74, 6) is -1.61. The zero-order valence-corrected chi connectivity index (χ0v) is 13.8. The zero-order chi connectivity index (χ0) is 18.1. The minimum Gasteiger partial charge on any atom is -0.493 e. The molecule has 0 fully saturated rings. The maximum atomic E-state index is 14.2. The number of halogens is 2. The van der Waals surface area contributed by atoms with Crippen LogP contribution in [0.1, 0.15) is 10.4 Å². The number of ether oxygens (including phenoxy) is 2. The first-order chi connectivity index (χ1) is 12.0. The zero-order valence-electron chi connectivity index (χ0n) is 13.8. The van der Waals surface area contributed by atoms with Gasteiger partial charge in [-0.05, 0) is 24.3 Å². The van der Waals surface area contributed by atoms with E-state index in [1.807, 2.05) is 0 Å². The van der Waals surface area contributed by atoms with Crippen LogP contribution in [0.2, 0.25) is 0 Å². The number of aryl methyl sites for hydroxylation is 1. The fourth-order valence-electron chi connectivity index (χ4n) is 2.56. The first kappa shape index (κ1) is 16.7. The molecule has 0 saturated carbocycles. The van der Waals surface area contributed by atoms with E-state index < -0.39 is 17.5 Å². The third-order valence-electron chi connectivity index (χ3n) is 3.79. The van der Waals surface area contributed by atoms with Gasteiger partial charge >= 0.3 is 0 Å². The van der Waals surface area contributed by atoms with Crippen LogP contribution in [-0.4, -0.2) is 29.7 Å². The third-order valence-corrected chi connectivity index (χ3v) is 3.79. The van der Waals surface area contributed by atoms with Gasteiger partial charge in [-0.3, -0.25) is 10.1 Å². The minimum absolute atomic E-state index is 0.0233. The Kier molecular flexibility index (Phi) is 4.26. The SMILES string of the molecule is COc1ccc(F)c(C(=O)Nc2nc3cc(F)ccc3n2C)c1OC. The number of benzene rings is 2. The Hall–Kier alpha value is -3.16. The van der Waals surface area contributed by atoms with Crippen LogP contribution in [0.25, 0.3) is 11.0 Å². The predicted molar refractivity (Wildman–Crippen MR) is 88.1 cm³/mol. The van der Waals surface area contributed by atoms with Crippen molar-refractivity contribution in [2.24, 2.45) is 7.05 Å². The minimum atomic E-state index is -0.764. The summed E-state index contributed by atoms with van der Waals surface area (Å²) in [5, 5.41) is 2.52. The van der Waals surface area contributed by atoms with Gasteiger partial charge in [0.1, 0.15) is 17.2 Å². The van der Waals surface area contributed by atoms with E-state index >= 15 is 0 Å². The highest BCUT2D eigenvalue weighted by molar-refractivity contribution is 6.06. The third kappa shape index (κ3) is 2.86. The number of fused-ring (bicyclic) bond motifs is 1. The van der Waals surface area contributed by atoms with Crippen molar-refractivity contribution in [3.05, 3.63) is 47.5 Å². The summed E-state index contributed by atoms with van der Waals surface area (Å²) in [6.07, 6.45) is 0. The lowest BCUT2D eigenvalue weighted by atomic mass is 10.1. The molecule has 0 radical (unpaired) electrons. The molecular weight excluding hydrogens is 332 g/mol. The maximum absolute atomic E-state index is 14.2. The first-order valence-electron chi connectivity index (χ1n) is 7.30. The number of imidazole rings is 1. The summed E-state index contributed by atoms with van der Waals surface area (Å²) in [6, 6.07) is 6.56. The fraction of sp³-hybridized carbons (Fsp3) is 0.176. The van der Waals surface area contributed by atoms with E-state index in [1.165, 1.54) is 32.4 Å². The number of nitrogens with one attached hydrogen (secondary N) is 1. The van der Waals surface area contributed by atoms with E-state index in [9.17, 15) is 13.6 Å². The molecule has 0 bridgehead atoms. The quantitative estimate of drug-likeness (QED) is 0.788. The Morgan fingerprint density at radius 1 is 1.16 bits per heavy atom. The Morgan fingerprint density at radius 2 is 1.92 bits per heavy atom. The van der Waals surface area contributed by atoms with Crippen LogP contribution < -0.4 is 14.8 Å². The molecule has 25 heavy (non-hydrogen) atoms. The number of hydrogen-bond acceptors (Lipinski definition) is 4. The summed E-state index contributed by atoms with van der Waals surface area (Å²) in [5.41, 5.74) is 0.686. The number of carbonyl (C=O) groups is 1. The molecule has 0 atom stereocenters. The molecule has 0 aliphatic carbocycles. The van der Waals surface area contributed by atoms with Gasteiger partial charge in [-0.1, -0.05) is 0 Å². The van der Waals surface area contributed by atoms with Crippen LogP contribution in [-0.2, 0) is 7.05 Å². The lowest BCUT2D eigenvalue weighted by Gasteiger charge is -2.13. The molecule has 130 valence electrons. The number of carbonyl (C=O) groups excluding carboxylic acids is 1. The summed E-state index contributed by atoms with van der Waals surface area (Å²) >= 11 is 0. The van der Waals surface area contributed by atoms with Crippen LogP contribution in [0.4, 0.5) is 14.7 Å². The van der Waals surface area contributed by atoms with Crippen molar-refractivity contribution >= 4 is 22.9 Å². The average Bonchev–Trinajstić information content (AvgIpc) is 2.89. The van der Waals surface area contributed by atoms with Crippen molar-refractivity contribution in [1.29, 1.82) is 0 Å². The van der Waals surface area contributed by atoms with Crippen LogP contribution in [0, 0.1) is 11.6 Å². The van der Waals surface area contributed by atoms with E-state index in [4.69, 9.17) is 9.47 Å². The first-order valence-corrected chi connectivity index (χ1v) is 7.30. The molecule has 0 aliphatic heterocycles. The largest absolute Gasteiger partial charge is 0.493 e. The van der Waals surface area contributed by atoms with Crippen molar-refractivity contribution in [1.82, 2.24) is 9.55 Å². The Morgan fingerprint density at radius 3 is 2.60 bits per heavy atom. The maximum Gasteiger partial charge on any atom is 0.264 e. The van der Waals surface area contributed by atoms with Crippen LogP contribution in [0.5, 0.6) is 11.5 Å². The molecule has 6 nitrogen and oxygen atoms in total. The van der Waals surface area contributed by atoms with Gasteiger partial charge in [0.15, 0.2) is 11.5 Å². The molecule has 3 rings (SSSR count). The van der Waals surface area contributed by atoms with Gasteiger partial charge in [0.05, 0.1) is 25.3 Å². The van der Waals surface area contributed by atoms with Gasteiger partial charge in [0.2, 0.25) is 5.95 Å². The number of anilines is 1. The van der Waals surface area contributed by atoms with Gasteiger partial charge < -0.3 is 14.0 Å². The van der Waals surface area contributed by atoms with Crippen molar-refractivity contribution in [3.63, 3.8) is 0 Å². The molecule has 1 aromatic heterocycles. The predicted octanol–water partition coefficient (Wildman–Crippen LogP) is 3.12. The van der Waals surface area contributed by atoms with E-state index in [1.54, 1.807) is 17.7 Å². The average molecular weight is 347 g/mol. The highest BCUT2D eigenvalue weighted by Crippen LogP contribution is 2.33. The summed E-state index contributed by atoms with van der Waals surface area (Å²) in [4.78, 5) is 16.7. The standard InChI is InChI=1S/C17H15F2N3O3/c1-22-12-6-4-9(18)8-11(12)20-17(22)21-16(23)14-10(19)5-7-13(24-2)15(14)25-3/h4-8H,1-3H3,(H,20,21,23). The molecular formula is C17H15F2N3O3. The number of hydrogen-bond donors (Lipinski definition) is 1. The van der Waals surface area contributed by atoms with Crippen LogP contribution in [0.3, 0.4) is 0 Å². The number of nitrogens with zero attached hydrogens (tertiary/aromatic N) is 2. The Balaban J connectivity index is 2.02. The van der Waals surface area contributed by atoms with Crippen LogP contribution in [0.15, 0.2) is 30.3 Å². The molecule has 3 aromatic rings. The smallest absolute Gasteiger partial charge is 0.264 e. The Labute approximate surface area is 142 Å². The summed E-state index contributed by atoms with van der Waals surface area (Å²) in [7, 11) is 4.35.